The van der Waals surface area contributed by atoms with Gasteiger partial charge in [-0.2, -0.15) is 0 Å². The summed E-state index contributed by atoms with van der Waals surface area (Å²) in [5.41, 5.74) is 0.633. The predicted molar refractivity (Wildman–Crippen MR) is 133 cm³/mol. The number of nitrogens with one attached hydrogen (secondary N) is 2. The Morgan fingerprint density at radius 1 is 1.11 bits per heavy atom. The zero-order valence-electron chi connectivity index (χ0n) is 20.3. The Morgan fingerprint density at radius 3 is 2.46 bits per heavy atom. The molecule has 0 spiro atoms. The number of carbonyl (C=O) groups excluding carboxylic acids is 1. The van der Waals surface area contributed by atoms with Crippen molar-refractivity contribution in [1.82, 2.24) is 15.6 Å². The first-order valence-corrected chi connectivity index (χ1v) is 14.4. The summed E-state index contributed by atoms with van der Waals surface area (Å²) in [6.45, 7) is 0.921. The number of aliphatic carboxylic acids is 1. The number of aromatic nitrogens is 1. The second-order valence-electron chi connectivity index (χ2n) is 11.6. The van der Waals surface area contributed by atoms with Gasteiger partial charge in [0.2, 0.25) is 0 Å². The Labute approximate surface area is 211 Å². The Hall–Kier alpha value is -1.64. The lowest BCUT2D eigenvalue weighted by molar-refractivity contribution is -0.149. The molecule has 1 aliphatic heterocycles. The lowest BCUT2D eigenvalue weighted by atomic mass is 9.54. The van der Waals surface area contributed by atoms with Crippen LogP contribution in [-0.2, 0) is 15.1 Å². The Kier molecular flexibility index (Phi) is 6.56. The molecule has 0 aromatic carbocycles. The maximum absolute atomic E-state index is 13.7. The lowest BCUT2D eigenvalue weighted by Crippen LogP contribution is -2.55. The largest absolute Gasteiger partial charge is 0.480 e. The van der Waals surface area contributed by atoms with Crippen LogP contribution >= 0.6 is 11.8 Å². The van der Waals surface area contributed by atoms with Crippen molar-refractivity contribution >= 4 is 23.6 Å². The number of carbonyl (C=O) groups is 2. The molecule has 0 radical (unpaired) electrons. The van der Waals surface area contributed by atoms with Crippen LogP contribution in [0.1, 0.15) is 80.3 Å². The van der Waals surface area contributed by atoms with Gasteiger partial charge in [-0.05, 0) is 93.7 Å². The van der Waals surface area contributed by atoms with Crippen molar-refractivity contribution in [1.29, 1.82) is 0 Å². The van der Waals surface area contributed by atoms with Crippen molar-refractivity contribution in [3.63, 3.8) is 0 Å². The molecule has 0 unspecified atom stereocenters. The van der Waals surface area contributed by atoms with E-state index in [0.717, 1.165) is 41.9 Å². The predicted octanol–water partition coefficient (Wildman–Crippen LogP) is 3.96. The normalized spacial score (nSPS) is 36.1. The summed E-state index contributed by atoms with van der Waals surface area (Å²) in [6.07, 6.45) is 11.9. The van der Waals surface area contributed by atoms with Crippen molar-refractivity contribution in [3.05, 3.63) is 23.4 Å². The summed E-state index contributed by atoms with van der Waals surface area (Å²) >= 11 is 1.73. The zero-order chi connectivity index (χ0) is 24.0. The molecule has 1 atom stereocenters. The summed E-state index contributed by atoms with van der Waals surface area (Å²) in [6, 6.07) is 4.10. The average Bonchev–Trinajstić information content (AvgIpc) is 3.52. The number of thioether (sulfide) groups is 1. The molecule has 8 heteroatoms. The van der Waals surface area contributed by atoms with Crippen LogP contribution in [0.15, 0.2) is 17.2 Å². The maximum atomic E-state index is 13.7. The Morgan fingerprint density at radius 2 is 1.83 bits per heavy atom. The number of carboxylic acid groups (broad SMARTS) is 1. The summed E-state index contributed by atoms with van der Waals surface area (Å²) in [4.78, 5) is 29.9. The number of hydrogen-bond donors (Lipinski definition) is 3. The number of pyridine rings is 1. The van der Waals surface area contributed by atoms with Gasteiger partial charge in [-0.25, -0.2) is 9.78 Å². The molecule has 5 saturated carbocycles. The molecule has 5 aliphatic carbocycles. The first-order valence-electron chi connectivity index (χ1n) is 13.5. The molecule has 4 bridgehead atoms. The molecule has 3 N–H and O–H groups in total. The minimum atomic E-state index is -0.983. The van der Waals surface area contributed by atoms with Gasteiger partial charge >= 0.3 is 5.97 Å². The Balaban J connectivity index is 1.26. The topological polar surface area (TPSA) is 101 Å². The van der Waals surface area contributed by atoms with E-state index >= 15 is 0 Å². The molecule has 1 saturated heterocycles. The summed E-state index contributed by atoms with van der Waals surface area (Å²) in [7, 11) is 0. The van der Waals surface area contributed by atoms with Crippen LogP contribution in [0.2, 0.25) is 0 Å². The second kappa shape index (κ2) is 9.67. The number of nitrogens with zero attached hydrogens (tertiary/aromatic N) is 1. The summed E-state index contributed by atoms with van der Waals surface area (Å²) in [5.74, 6) is 2.04. The molecular weight excluding hydrogens is 462 g/mol. The van der Waals surface area contributed by atoms with Crippen LogP contribution in [-0.4, -0.2) is 53.0 Å². The first kappa shape index (κ1) is 23.7. The molecule has 35 heavy (non-hydrogen) atoms. The molecule has 1 amide bonds. The quantitative estimate of drug-likeness (QED) is 0.498. The fraction of sp³-hybridized carbons (Fsp3) is 0.741. The third-order valence-electron chi connectivity index (χ3n) is 9.26. The van der Waals surface area contributed by atoms with Gasteiger partial charge in [-0.1, -0.05) is 12.8 Å². The fourth-order valence-corrected chi connectivity index (χ4v) is 9.12. The van der Waals surface area contributed by atoms with Crippen LogP contribution in [0.4, 0.5) is 0 Å². The van der Waals surface area contributed by atoms with Crippen molar-refractivity contribution < 1.29 is 19.4 Å². The monoisotopic (exact) mass is 499 g/mol. The van der Waals surface area contributed by atoms with E-state index in [1.54, 1.807) is 11.8 Å². The van der Waals surface area contributed by atoms with Gasteiger partial charge in [-0.15, -0.1) is 11.8 Å². The van der Waals surface area contributed by atoms with Crippen LogP contribution < -0.4 is 10.6 Å². The third-order valence-corrected chi connectivity index (χ3v) is 10.6. The highest BCUT2D eigenvalue weighted by Gasteiger charge is 2.49. The number of hydrogen-bond acceptors (Lipinski definition) is 6. The number of ether oxygens (including phenoxy) is 1. The number of rotatable bonds is 8. The van der Waals surface area contributed by atoms with Gasteiger partial charge in [0.1, 0.15) is 17.2 Å². The van der Waals surface area contributed by atoms with E-state index in [1.807, 2.05) is 12.1 Å². The van der Waals surface area contributed by atoms with E-state index in [2.05, 4.69) is 10.6 Å². The Bertz CT molecular complexity index is 945. The maximum Gasteiger partial charge on any atom is 0.329 e. The SMILES string of the molecule is O=C(O)CO[C@]1(c2ccc(C(=O)NC3C4CC5CC(C4)CC3C5)c(SC3CCCC3)n2)CCNC1. The van der Waals surface area contributed by atoms with E-state index in [0.29, 0.717) is 41.7 Å². The minimum absolute atomic E-state index is 0.00655. The first-order chi connectivity index (χ1) is 17.0. The standard InChI is InChI=1S/C27H37N3O4S/c31-23(32)14-34-27(7-8-28-15-27)22-6-5-21(26(29-22)35-20-3-1-2-4-20)25(33)30-24-18-10-16-9-17(12-18)13-19(24)11-16/h5-6,16-20,24,28H,1-4,7-15H2,(H,30,33)(H,31,32)/t16?,17?,18?,19?,24?,27-/m1/s1. The van der Waals surface area contributed by atoms with Crippen LogP contribution in [0.25, 0.3) is 0 Å². The molecule has 2 heterocycles. The van der Waals surface area contributed by atoms with Gasteiger partial charge in [0.25, 0.3) is 5.91 Å². The van der Waals surface area contributed by atoms with Gasteiger partial charge in [0.05, 0.1) is 11.3 Å². The summed E-state index contributed by atoms with van der Waals surface area (Å²) < 4.78 is 5.91. The molecule has 190 valence electrons. The van der Waals surface area contributed by atoms with Crippen molar-refractivity contribution in [2.75, 3.05) is 19.7 Å². The highest BCUT2D eigenvalue weighted by molar-refractivity contribution is 7.99. The number of carboxylic acids is 1. The zero-order valence-corrected chi connectivity index (χ0v) is 21.2. The van der Waals surface area contributed by atoms with Crippen molar-refractivity contribution in [3.8, 4) is 0 Å². The van der Waals surface area contributed by atoms with Gasteiger partial charge in [0.15, 0.2) is 0 Å². The minimum Gasteiger partial charge on any atom is -0.480 e. The molecule has 6 fully saturated rings. The summed E-state index contributed by atoms with van der Waals surface area (Å²) in [5, 5.41) is 17.2. The molecule has 1 aromatic heterocycles. The molecule has 7 rings (SSSR count). The van der Waals surface area contributed by atoms with E-state index in [9.17, 15) is 14.7 Å². The van der Waals surface area contributed by atoms with E-state index < -0.39 is 11.6 Å². The van der Waals surface area contributed by atoms with E-state index in [-0.39, 0.29) is 12.5 Å². The van der Waals surface area contributed by atoms with E-state index in [1.165, 1.54) is 44.9 Å². The van der Waals surface area contributed by atoms with Gasteiger partial charge in [0, 0.05) is 17.8 Å². The highest BCUT2D eigenvalue weighted by atomic mass is 32.2. The molecule has 1 aromatic rings. The molecule has 6 aliphatic rings. The van der Waals surface area contributed by atoms with Crippen LogP contribution in [0.5, 0.6) is 0 Å². The van der Waals surface area contributed by atoms with Crippen LogP contribution in [0, 0.1) is 23.7 Å². The molecule has 7 nitrogen and oxygen atoms in total. The third kappa shape index (κ3) is 4.74. The molecular formula is C27H37N3O4S. The lowest BCUT2D eigenvalue weighted by Gasteiger charge is -2.54. The second-order valence-corrected chi connectivity index (χ2v) is 12.9. The van der Waals surface area contributed by atoms with Gasteiger partial charge < -0.3 is 20.5 Å². The highest BCUT2D eigenvalue weighted by Crippen LogP contribution is 2.53. The van der Waals surface area contributed by atoms with Crippen LogP contribution in [0.3, 0.4) is 0 Å². The number of amides is 1. The van der Waals surface area contributed by atoms with Crippen molar-refractivity contribution in [2.24, 2.45) is 23.7 Å². The average molecular weight is 500 g/mol. The van der Waals surface area contributed by atoms with Gasteiger partial charge in [-0.3, -0.25) is 4.79 Å². The van der Waals surface area contributed by atoms with Crippen molar-refractivity contribution in [2.45, 2.75) is 86.1 Å². The van der Waals surface area contributed by atoms with E-state index in [4.69, 9.17) is 9.72 Å². The fourth-order valence-electron chi connectivity index (χ4n) is 7.80. The smallest absolute Gasteiger partial charge is 0.329 e.